The molecular formula is C25H26FN3O2. The number of anilines is 2. The lowest BCUT2D eigenvalue weighted by atomic mass is 10.1. The third-order valence-corrected chi connectivity index (χ3v) is 4.81. The highest BCUT2D eigenvalue weighted by molar-refractivity contribution is 6.01. The maximum atomic E-state index is 13.4. The quantitative estimate of drug-likeness (QED) is 0.511. The first kappa shape index (κ1) is 22.0. The fourth-order valence-corrected chi connectivity index (χ4v) is 3.13. The SMILES string of the molecule is Cc1ccc(C(=O)NCCCN(C(=O)Nc2cccc(C)c2)c2ccc(F)cc2)cc1. The Kier molecular flexibility index (Phi) is 7.38. The molecular weight excluding hydrogens is 393 g/mol. The largest absolute Gasteiger partial charge is 0.352 e. The highest BCUT2D eigenvalue weighted by Crippen LogP contribution is 2.18. The Morgan fingerprint density at radius 3 is 2.29 bits per heavy atom. The first-order valence-corrected chi connectivity index (χ1v) is 10.2. The van der Waals surface area contributed by atoms with Gasteiger partial charge in [0.2, 0.25) is 0 Å². The molecule has 0 unspecified atom stereocenters. The molecule has 0 fully saturated rings. The summed E-state index contributed by atoms with van der Waals surface area (Å²) in [6.07, 6.45) is 0.538. The van der Waals surface area contributed by atoms with Crippen molar-refractivity contribution in [2.24, 2.45) is 0 Å². The molecule has 3 amide bonds. The van der Waals surface area contributed by atoms with E-state index < -0.39 is 0 Å². The Bertz CT molecular complexity index is 1030. The fraction of sp³-hybridized carbons (Fsp3) is 0.200. The molecule has 3 rings (SSSR count). The normalized spacial score (nSPS) is 10.4. The van der Waals surface area contributed by atoms with Gasteiger partial charge in [-0.15, -0.1) is 0 Å². The Morgan fingerprint density at radius 1 is 0.903 bits per heavy atom. The molecule has 0 heterocycles. The summed E-state index contributed by atoms with van der Waals surface area (Å²) < 4.78 is 13.4. The number of carbonyl (C=O) groups excluding carboxylic acids is 2. The Morgan fingerprint density at radius 2 is 1.61 bits per heavy atom. The number of nitrogens with one attached hydrogen (secondary N) is 2. The maximum Gasteiger partial charge on any atom is 0.326 e. The van der Waals surface area contributed by atoms with Crippen LogP contribution in [-0.2, 0) is 0 Å². The molecule has 0 saturated carbocycles. The van der Waals surface area contributed by atoms with Gasteiger partial charge in [-0.1, -0.05) is 29.8 Å². The highest BCUT2D eigenvalue weighted by Gasteiger charge is 2.16. The summed E-state index contributed by atoms with van der Waals surface area (Å²) in [7, 11) is 0. The van der Waals surface area contributed by atoms with Crippen LogP contribution in [0.2, 0.25) is 0 Å². The topological polar surface area (TPSA) is 61.4 Å². The van der Waals surface area contributed by atoms with Crippen LogP contribution in [-0.4, -0.2) is 25.0 Å². The molecule has 0 saturated heterocycles. The van der Waals surface area contributed by atoms with Gasteiger partial charge < -0.3 is 10.6 Å². The highest BCUT2D eigenvalue weighted by atomic mass is 19.1. The Hall–Kier alpha value is -3.67. The van der Waals surface area contributed by atoms with Crippen LogP contribution in [0.3, 0.4) is 0 Å². The molecule has 31 heavy (non-hydrogen) atoms. The van der Waals surface area contributed by atoms with Crippen LogP contribution in [0.25, 0.3) is 0 Å². The lowest BCUT2D eigenvalue weighted by Crippen LogP contribution is -2.37. The number of urea groups is 1. The number of hydrogen-bond donors (Lipinski definition) is 2. The number of benzene rings is 3. The van der Waals surface area contributed by atoms with Crippen LogP contribution in [0.5, 0.6) is 0 Å². The number of carbonyl (C=O) groups is 2. The van der Waals surface area contributed by atoms with E-state index in [2.05, 4.69) is 10.6 Å². The van der Waals surface area contributed by atoms with E-state index in [4.69, 9.17) is 0 Å². The van der Waals surface area contributed by atoms with Gasteiger partial charge in [-0.3, -0.25) is 9.69 Å². The molecule has 0 aromatic heterocycles. The second kappa shape index (κ2) is 10.4. The van der Waals surface area contributed by atoms with Gasteiger partial charge in [0.15, 0.2) is 0 Å². The zero-order chi connectivity index (χ0) is 22.2. The standard InChI is InChI=1S/C25H26FN3O2/c1-18-7-9-20(10-8-18)24(30)27-15-4-16-29(23-13-11-21(26)12-14-23)25(31)28-22-6-3-5-19(2)17-22/h3,5-14,17H,4,15-16H2,1-2H3,(H,27,30)(H,28,31). The molecule has 0 aliphatic heterocycles. The van der Waals surface area contributed by atoms with Crippen LogP contribution in [0.1, 0.15) is 27.9 Å². The van der Waals surface area contributed by atoms with Gasteiger partial charge in [0.25, 0.3) is 5.91 Å². The first-order valence-electron chi connectivity index (χ1n) is 10.2. The van der Waals surface area contributed by atoms with Crippen molar-refractivity contribution in [3.8, 4) is 0 Å². The van der Waals surface area contributed by atoms with E-state index in [1.807, 2.05) is 50.2 Å². The summed E-state index contributed by atoms with van der Waals surface area (Å²) >= 11 is 0. The summed E-state index contributed by atoms with van der Waals surface area (Å²) in [4.78, 5) is 26.7. The lowest BCUT2D eigenvalue weighted by molar-refractivity contribution is 0.0953. The minimum atomic E-state index is -0.367. The monoisotopic (exact) mass is 419 g/mol. The third-order valence-electron chi connectivity index (χ3n) is 4.81. The van der Waals surface area contributed by atoms with Crippen LogP contribution in [0.15, 0.2) is 72.8 Å². The Balaban J connectivity index is 1.62. The minimum Gasteiger partial charge on any atom is -0.352 e. The lowest BCUT2D eigenvalue weighted by Gasteiger charge is -2.23. The molecule has 0 spiro atoms. The van der Waals surface area contributed by atoms with Crippen molar-refractivity contribution in [2.75, 3.05) is 23.3 Å². The first-order chi connectivity index (χ1) is 14.9. The third kappa shape index (κ3) is 6.40. The summed E-state index contributed by atoms with van der Waals surface area (Å²) in [6, 6.07) is 20.3. The molecule has 0 atom stereocenters. The van der Waals surface area contributed by atoms with Crippen molar-refractivity contribution in [3.63, 3.8) is 0 Å². The number of nitrogens with zero attached hydrogens (tertiary/aromatic N) is 1. The van der Waals surface area contributed by atoms with E-state index in [1.165, 1.54) is 12.1 Å². The van der Waals surface area contributed by atoms with E-state index in [-0.39, 0.29) is 17.8 Å². The van der Waals surface area contributed by atoms with Gasteiger partial charge in [0.05, 0.1) is 0 Å². The van der Waals surface area contributed by atoms with Crippen LogP contribution in [0.4, 0.5) is 20.6 Å². The predicted octanol–water partition coefficient (Wildman–Crippen LogP) is 5.30. The smallest absolute Gasteiger partial charge is 0.326 e. The number of aryl methyl sites for hydroxylation is 2. The van der Waals surface area contributed by atoms with Gasteiger partial charge >= 0.3 is 6.03 Å². The van der Waals surface area contributed by atoms with Crippen molar-refractivity contribution in [3.05, 3.63) is 95.3 Å². The van der Waals surface area contributed by atoms with Crippen molar-refractivity contribution in [2.45, 2.75) is 20.3 Å². The van der Waals surface area contributed by atoms with E-state index in [0.717, 1.165) is 11.1 Å². The number of halogens is 1. The molecule has 0 aliphatic carbocycles. The van der Waals surface area contributed by atoms with E-state index >= 15 is 0 Å². The van der Waals surface area contributed by atoms with Crippen molar-refractivity contribution >= 4 is 23.3 Å². The van der Waals surface area contributed by atoms with Gasteiger partial charge in [0, 0.05) is 30.0 Å². The molecule has 0 aliphatic rings. The van der Waals surface area contributed by atoms with Crippen LogP contribution in [0, 0.1) is 19.7 Å². The second-order valence-electron chi connectivity index (χ2n) is 7.40. The summed E-state index contributed by atoms with van der Waals surface area (Å²) in [5.41, 5.74) is 3.98. The Labute approximate surface area is 181 Å². The molecule has 6 heteroatoms. The summed E-state index contributed by atoms with van der Waals surface area (Å²) in [6.45, 7) is 4.68. The van der Waals surface area contributed by atoms with E-state index in [9.17, 15) is 14.0 Å². The molecule has 3 aromatic rings. The van der Waals surface area contributed by atoms with Crippen molar-refractivity contribution in [1.82, 2.24) is 5.32 Å². The van der Waals surface area contributed by atoms with Crippen molar-refractivity contribution in [1.29, 1.82) is 0 Å². The van der Waals surface area contributed by atoms with Crippen LogP contribution >= 0.6 is 0 Å². The number of hydrogen-bond acceptors (Lipinski definition) is 2. The van der Waals surface area contributed by atoms with Gasteiger partial charge in [0.1, 0.15) is 5.82 Å². The molecule has 2 N–H and O–H groups in total. The molecule has 5 nitrogen and oxygen atoms in total. The van der Waals surface area contributed by atoms with Gasteiger partial charge in [-0.2, -0.15) is 0 Å². The average Bonchev–Trinajstić information content (AvgIpc) is 2.75. The summed E-state index contributed by atoms with van der Waals surface area (Å²) in [5, 5.41) is 5.76. The minimum absolute atomic E-state index is 0.155. The zero-order valence-corrected chi connectivity index (χ0v) is 17.7. The van der Waals surface area contributed by atoms with E-state index in [1.54, 1.807) is 29.2 Å². The molecule has 160 valence electrons. The van der Waals surface area contributed by atoms with Crippen molar-refractivity contribution < 1.29 is 14.0 Å². The molecule has 0 radical (unpaired) electrons. The van der Waals surface area contributed by atoms with E-state index in [0.29, 0.717) is 36.4 Å². The maximum absolute atomic E-state index is 13.4. The fourth-order valence-electron chi connectivity index (χ4n) is 3.13. The zero-order valence-electron chi connectivity index (χ0n) is 17.7. The molecule has 3 aromatic carbocycles. The predicted molar refractivity (Wildman–Crippen MR) is 122 cm³/mol. The average molecular weight is 420 g/mol. The van der Waals surface area contributed by atoms with Gasteiger partial charge in [-0.05, 0) is 74.4 Å². The van der Waals surface area contributed by atoms with Crippen LogP contribution < -0.4 is 15.5 Å². The summed E-state index contributed by atoms with van der Waals surface area (Å²) in [5.74, 6) is -0.523. The number of amides is 3. The number of rotatable bonds is 7. The van der Waals surface area contributed by atoms with Gasteiger partial charge in [-0.25, -0.2) is 9.18 Å². The second-order valence-corrected chi connectivity index (χ2v) is 7.40. The molecule has 0 bridgehead atoms.